The number of rotatable bonds is 8. The van der Waals surface area contributed by atoms with E-state index in [2.05, 4.69) is 15.0 Å². The predicted octanol–water partition coefficient (Wildman–Crippen LogP) is 5.51. The number of ketones is 1. The van der Waals surface area contributed by atoms with E-state index < -0.39 is 11.9 Å². The van der Waals surface area contributed by atoms with Crippen LogP contribution in [-0.2, 0) is 18.3 Å². The summed E-state index contributed by atoms with van der Waals surface area (Å²) in [5.74, 6) is -0.118. The van der Waals surface area contributed by atoms with Crippen molar-refractivity contribution < 1.29 is 9.18 Å². The third-order valence-electron chi connectivity index (χ3n) is 6.80. The van der Waals surface area contributed by atoms with Crippen LogP contribution in [0.3, 0.4) is 0 Å². The molecule has 5 rings (SSSR count). The summed E-state index contributed by atoms with van der Waals surface area (Å²) in [6, 6.07) is 2.18. The maximum Gasteiger partial charge on any atom is 0.261 e. The van der Waals surface area contributed by atoms with Crippen LogP contribution in [0.4, 0.5) is 4.39 Å². The molecule has 0 spiro atoms. The maximum absolute atomic E-state index is 14.8. The monoisotopic (exact) mass is 525 g/mol. The Hall–Kier alpha value is -2.85. The van der Waals surface area contributed by atoms with E-state index in [9.17, 15) is 14.0 Å². The molecule has 0 radical (unpaired) electrons. The van der Waals surface area contributed by atoms with Crippen molar-refractivity contribution in [2.24, 2.45) is 13.0 Å². The lowest BCUT2D eigenvalue weighted by atomic mass is 9.83. The molecule has 1 aliphatic carbocycles. The summed E-state index contributed by atoms with van der Waals surface area (Å²) in [4.78, 5) is 41.6. The fraction of sp³-hybridized carbons (Fsp3) is 0.423. The molecule has 4 aromatic rings. The molecule has 1 fully saturated rings. The molecule has 36 heavy (non-hydrogen) atoms. The van der Waals surface area contributed by atoms with Crippen molar-refractivity contribution in [3.8, 4) is 0 Å². The summed E-state index contributed by atoms with van der Waals surface area (Å²) >= 11 is 2.65. The van der Waals surface area contributed by atoms with E-state index in [4.69, 9.17) is 0 Å². The van der Waals surface area contributed by atoms with E-state index in [-0.39, 0.29) is 23.3 Å². The number of nitrogens with zero attached hydrogens (tertiary/aromatic N) is 5. The molecule has 0 N–H and O–H groups in total. The molecular weight excluding hydrogens is 497 g/mol. The molecule has 188 valence electrons. The Balaban J connectivity index is 1.52. The van der Waals surface area contributed by atoms with E-state index in [1.807, 2.05) is 14.0 Å². The first kappa shape index (κ1) is 24.8. The van der Waals surface area contributed by atoms with Crippen LogP contribution in [0.1, 0.15) is 54.5 Å². The number of carbonyl (C=O) groups excluding carboxylic acids is 1. The molecule has 3 heterocycles. The number of thiazole rings is 1. The smallest absolute Gasteiger partial charge is 0.261 e. The van der Waals surface area contributed by atoms with Crippen LogP contribution in [0.5, 0.6) is 0 Å². The molecule has 1 unspecified atom stereocenters. The zero-order chi connectivity index (χ0) is 25.2. The lowest BCUT2D eigenvalue weighted by Gasteiger charge is -2.27. The highest BCUT2D eigenvalue weighted by atomic mass is 32.2. The number of fused-ring (bicyclic) bond motifs is 1. The summed E-state index contributed by atoms with van der Waals surface area (Å²) in [5.41, 5.74) is -0.0523. The van der Waals surface area contributed by atoms with Crippen molar-refractivity contribution in [1.29, 1.82) is 0 Å². The first-order valence-corrected chi connectivity index (χ1v) is 13.8. The van der Waals surface area contributed by atoms with Crippen LogP contribution >= 0.6 is 23.1 Å². The van der Waals surface area contributed by atoms with Crippen LogP contribution in [0.25, 0.3) is 10.9 Å². The van der Waals surface area contributed by atoms with E-state index in [0.29, 0.717) is 27.8 Å². The van der Waals surface area contributed by atoms with Gasteiger partial charge in [-0.15, -0.1) is 11.3 Å². The number of carbonyl (C=O) groups is 1. The Bertz CT molecular complexity index is 1450. The molecule has 0 aliphatic heterocycles. The molecule has 10 heteroatoms. The number of Topliss-reactive ketones (excluding diaryl/α,β-unsaturated/α-hetero) is 1. The molecule has 7 nitrogen and oxygen atoms in total. The van der Waals surface area contributed by atoms with Crippen molar-refractivity contribution in [1.82, 2.24) is 24.1 Å². The maximum atomic E-state index is 14.8. The zero-order valence-electron chi connectivity index (χ0n) is 20.3. The molecule has 3 aromatic heterocycles. The Kier molecular flexibility index (Phi) is 7.34. The van der Waals surface area contributed by atoms with Crippen LogP contribution in [-0.4, -0.2) is 29.9 Å². The van der Waals surface area contributed by atoms with Crippen molar-refractivity contribution in [2.75, 3.05) is 0 Å². The van der Waals surface area contributed by atoms with E-state index in [0.717, 1.165) is 47.3 Å². The van der Waals surface area contributed by atoms with Gasteiger partial charge in [-0.05, 0) is 37.1 Å². The molecule has 1 aromatic carbocycles. The minimum absolute atomic E-state index is 0.0390. The fourth-order valence-corrected chi connectivity index (χ4v) is 6.52. The quantitative estimate of drug-likeness (QED) is 0.302. The molecule has 0 amide bonds. The average Bonchev–Trinajstić information content (AvgIpc) is 3.46. The molecule has 1 saturated carbocycles. The number of halogens is 1. The van der Waals surface area contributed by atoms with Crippen LogP contribution in [0, 0.1) is 18.7 Å². The number of aryl methyl sites for hydroxylation is 2. The second kappa shape index (κ2) is 10.6. The van der Waals surface area contributed by atoms with Gasteiger partial charge in [0, 0.05) is 36.6 Å². The van der Waals surface area contributed by atoms with Crippen molar-refractivity contribution in [2.45, 2.75) is 68.0 Å². The first-order valence-electron chi connectivity index (χ1n) is 12.2. The van der Waals surface area contributed by atoms with Crippen molar-refractivity contribution in [3.05, 3.63) is 63.1 Å². The van der Waals surface area contributed by atoms with E-state index in [1.54, 1.807) is 23.2 Å². The highest BCUT2D eigenvalue weighted by Crippen LogP contribution is 2.33. The molecule has 1 atom stereocenters. The Morgan fingerprint density at radius 1 is 1.22 bits per heavy atom. The highest BCUT2D eigenvalue weighted by molar-refractivity contribution is 7.99. The second-order valence-corrected chi connectivity index (χ2v) is 11.8. The summed E-state index contributed by atoms with van der Waals surface area (Å²) < 4.78 is 18.1. The Morgan fingerprint density at radius 3 is 2.72 bits per heavy atom. The van der Waals surface area contributed by atoms with Gasteiger partial charge in [0.25, 0.3) is 5.56 Å². The average molecular weight is 526 g/mol. The molecular formula is C26H28FN5O2S2. The third-order valence-corrected chi connectivity index (χ3v) is 8.82. The van der Waals surface area contributed by atoms with Gasteiger partial charge in [-0.1, -0.05) is 32.1 Å². The van der Waals surface area contributed by atoms with Gasteiger partial charge in [0.05, 0.1) is 34.6 Å². The van der Waals surface area contributed by atoms with Gasteiger partial charge in [-0.3, -0.25) is 14.2 Å². The normalized spacial score (nSPS) is 15.4. The van der Waals surface area contributed by atoms with Gasteiger partial charge in [-0.2, -0.15) is 0 Å². The zero-order valence-corrected chi connectivity index (χ0v) is 21.9. The van der Waals surface area contributed by atoms with E-state index in [1.165, 1.54) is 40.8 Å². The van der Waals surface area contributed by atoms with Gasteiger partial charge in [0.1, 0.15) is 10.8 Å². The topological polar surface area (TPSA) is 82.7 Å². The summed E-state index contributed by atoms with van der Waals surface area (Å²) in [6.45, 7) is 1.96. The van der Waals surface area contributed by atoms with Crippen LogP contribution in [0.15, 0.2) is 51.9 Å². The SMILES string of the molecule is Cc1cnc(CC(=O)C(CC2CCCCC2)n2cnc3cc(F)c(Sc4nccn4C)cc3c2=O)s1. The highest BCUT2D eigenvalue weighted by Gasteiger charge is 2.28. The number of benzene rings is 1. The number of imidazole rings is 1. The lowest BCUT2D eigenvalue weighted by molar-refractivity contribution is -0.122. The largest absolute Gasteiger partial charge is 0.329 e. The molecule has 0 bridgehead atoms. The first-order chi connectivity index (χ1) is 17.4. The predicted molar refractivity (Wildman–Crippen MR) is 139 cm³/mol. The lowest BCUT2D eigenvalue weighted by Crippen LogP contribution is -2.33. The Labute approximate surface area is 216 Å². The fourth-order valence-electron chi connectivity index (χ4n) is 4.87. The minimum atomic E-state index is -0.627. The standard InChI is InChI=1S/C26H28FN5O2S2/c1-16-14-29-24(35-16)13-22(33)21(10-17-6-4-3-5-7-17)32-15-30-20-12-19(27)23(11-18(20)25(32)34)36-26-28-8-9-31(26)2/h8-9,11-12,14-15,17,21H,3-7,10,13H2,1-2H3. The second-order valence-electron chi connectivity index (χ2n) is 9.44. The van der Waals surface area contributed by atoms with Gasteiger partial charge < -0.3 is 4.57 Å². The van der Waals surface area contributed by atoms with Crippen molar-refractivity contribution >= 4 is 39.8 Å². The van der Waals surface area contributed by atoms with Gasteiger partial charge >= 0.3 is 0 Å². The van der Waals surface area contributed by atoms with Gasteiger partial charge in [0.2, 0.25) is 0 Å². The summed E-state index contributed by atoms with van der Waals surface area (Å²) in [5, 5.41) is 1.66. The van der Waals surface area contributed by atoms with Gasteiger partial charge in [0.15, 0.2) is 10.9 Å². The molecule has 1 aliphatic rings. The van der Waals surface area contributed by atoms with Gasteiger partial charge in [-0.25, -0.2) is 19.3 Å². The molecule has 0 saturated heterocycles. The third kappa shape index (κ3) is 5.29. The van der Waals surface area contributed by atoms with Crippen LogP contribution < -0.4 is 5.56 Å². The number of aromatic nitrogens is 5. The minimum Gasteiger partial charge on any atom is -0.329 e. The Morgan fingerprint density at radius 2 is 2.03 bits per heavy atom. The summed E-state index contributed by atoms with van der Waals surface area (Å²) in [7, 11) is 1.83. The van der Waals surface area contributed by atoms with Crippen LogP contribution in [0.2, 0.25) is 0 Å². The van der Waals surface area contributed by atoms with Crippen molar-refractivity contribution in [3.63, 3.8) is 0 Å². The number of hydrogen-bond acceptors (Lipinski definition) is 7. The number of hydrogen-bond donors (Lipinski definition) is 0. The summed E-state index contributed by atoms with van der Waals surface area (Å²) in [6.07, 6.45) is 13.0. The van der Waals surface area contributed by atoms with E-state index >= 15 is 0 Å².